The molecule has 0 spiro atoms. The molecule has 0 saturated heterocycles. The minimum Gasteiger partial charge on any atom is -0.460 e. The molecule has 1 rings (SSSR count). The van der Waals surface area contributed by atoms with Gasteiger partial charge in [-0.2, -0.15) is 0 Å². The van der Waals surface area contributed by atoms with E-state index in [0.717, 1.165) is 5.56 Å². The van der Waals surface area contributed by atoms with Crippen LogP contribution in [-0.4, -0.2) is 24.3 Å². The van der Waals surface area contributed by atoms with Gasteiger partial charge in [0.1, 0.15) is 6.61 Å². The Morgan fingerprint density at radius 1 is 1.50 bits per heavy atom. The van der Waals surface area contributed by atoms with E-state index in [1.54, 1.807) is 18.2 Å². The molecule has 0 aromatic heterocycles. The number of hydrogen-bond acceptors (Lipinski definition) is 4. The molecular weight excluding hydrogens is 182 g/mol. The molecule has 0 radical (unpaired) electrons. The molecule has 3 N–H and O–H groups in total. The second-order valence-corrected chi connectivity index (χ2v) is 2.76. The first-order valence-corrected chi connectivity index (χ1v) is 4.35. The first-order valence-electron chi connectivity index (χ1n) is 4.35. The summed E-state index contributed by atoms with van der Waals surface area (Å²) in [5.74, 6) is -0.436. The van der Waals surface area contributed by atoms with Gasteiger partial charge in [0, 0.05) is 6.54 Å². The SMILES string of the molecule is NCc1cccc(C(=O)OCCO)c1. The van der Waals surface area contributed by atoms with E-state index < -0.39 is 5.97 Å². The lowest BCUT2D eigenvalue weighted by Crippen LogP contribution is -2.09. The summed E-state index contributed by atoms with van der Waals surface area (Å²) >= 11 is 0. The van der Waals surface area contributed by atoms with Crippen molar-refractivity contribution in [3.63, 3.8) is 0 Å². The zero-order valence-electron chi connectivity index (χ0n) is 7.77. The Morgan fingerprint density at radius 2 is 2.29 bits per heavy atom. The fourth-order valence-electron chi connectivity index (χ4n) is 1.05. The fourth-order valence-corrected chi connectivity index (χ4v) is 1.05. The second-order valence-electron chi connectivity index (χ2n) is 2.76. The van der Waals surface area contributed by atoms with Crippen LogP contribution in [0.1, 0.15) is 15.9 Å². The smallest absolute Gasteiger partial charge is 0.338 e. The van der Waals surface area contributed by atoms with Crippen molar-refractivity contribution in [2.24, 2.45) is 5.73 Å². The van der Waals surface area contributed by atoms with Crippen molar-refractivity contribution in [2.45, 2.75) is 6.54 Å². The molecule has 0 bridgehead atoms. The predicted octanol–water partition coefficient (Wildman–Crippen LogP) is 0.294. The largest absolute Gasteiger partial charge is 0.460 e. The summed E-state index contributed by atoms with van der Waals surface area (Å²) in [4.78, 5) is 11.3. The lowest BCUT2D eigenvalue weighted by molar-refractivity contribution is 0.0433. The number of aliphatic hydroxyl groups excluding tert-OH is 1. The van der Waals surface area contributed by atoms with E-state index in [1.807, 2.05) is 6.07 Å². The number of ether oxygens (including phenoxy) is 1. The molecule has 0 fully saturated rings. The third kappa shape index (κ3) is 2.83. The Balaban J connectivity index is 2.69. The molecular formula is C10H13NO3. The number of carbonyl (C=O) groups is 1. The zero-order chi connectivity index (χ0) is 10.4. The molecule has 0 amide bonds. The number of nitrogens with two attached hydrogens (primary N) is 1. The van der Waals surface area contributed by atoms with Crippen molar-refractivity contribution in [1.82, 2.24) is 0 Å². The summed E-state index contributed by atoms with van der Waals surface area (Å²) in [5, 5.41) is 8.47. The Hall–Kier alpha value is -1.39. The molecule has 1 aromatic rings. The number of esters is 1. The molecule has 0 saturated carbocycles. The molecule has 0 atom stereocenters. The lowest BCUT2D eigenvalue weighted by Gasteiger charge is -2.03. The van der Waals surface area contributed by atoms with Gasteiger partial charge >= 0.3 is 5.97 Å². The highest BCUT2D eigenvalue weighted by atomic mass is 16.5. The van der Waals surface area contributed by atoms with E-state index in [9.17, 15) is 4.79 Å². The fraction of sp³-hybridized carbons (Fsp3) is 0.300. The summed E-state index contributed by atoms with van der Waals surface area (Å²) in [6, 6.07) is 6.92. The number of rotatable bonds is 4. The van der Waals surface area contributed by atoms with Crippen LogP contribution in [-0.2, 0) is 11.3 Å². The van der Waals surface area contributed by atoms with Gasteiger partial charge in [-0.25, -0.2) is 4.79 Å². The number of aliphatic hydroxyl groups is 1. The number of hydrogen-bond donors (Lipinski definition) is 2. The first kappa shape index (κ1) is 10.7. The van der Waals surface area contributed by atoms with E-state index in [2.05, 4.69) is 0 Å². The van der Waals surface area contributed by atoms with Gasteiger partial charge in [-0.05, 0) is 17.7 Å². The van der Waals surface area contributed by atoms with Crippen molar-refractivity contribution in [3.05, 3.63) is 35.4 Å². The van der Waals surface area contributed by atoms with E-state index >= 15 is 0 Å². The van der Waals surface area contributed by atoms with Crippen LogP contribution >= 0.6 is 0 Å². The van der Waals surface area contributed by atoms with Crippen LogP contribution < -0.4 is 5.73 Å². The van der Waals surface area contributed by atoms with Crippen LogP contribution in [0.4, 0.5) is 0 Å². The van der Waals surface area contributed by atoms with Gasteiger partial charge in [-0.15, -0.1) is 0 Å². The van der Waals surface area contributed by atoms with Crippen molar-refractivity contribution in [3.8, 4) is 0 Å². The Labute approximate surface area is 82.3 Å². The van der Waals surface area contributed by atoms with Gasteiger partial charge in [0.05, 0.1) is 12.2 Å². The minimum absolute atomic E-state index is 0.0195. The monoisotopic (exact) mass is 195 g/mol. The summed E-state index contributed by atoms with van der Waals surface area (Å²) in [6.45, 7) is 0.245. The van der Waals surface area contributed by atoms with Gasteiger partial charge in [0.15, 0.2) is 0 Å². The second kappa shape index (κ2) is 5.36. The summed E-state index contributed by atoms with van der Waals surface area (Å²) in [7, 11) is 0. The first-order chi connectivity index (χ1) is 6.77. The Kier molecular flexibility index (Phi) is 4.10. The maximum Gasteiger partial charge on any atom is 0.338 e. The molecule has 4 heteroatoms. The third-order valence-corrected chi connectivity index (χ3v) is 1.72. The molecule has 14 heavy (non-hydrogen) atoms. The summed E-state index contributed by atoms with van der Waals surface area (Å²) in [5.41, 5.74) is 6.76. The van der Waals surface area contributed by atoms with E-state index in [0.29, 0.717) is 12.1 Å². The summed E-state index contributed by atoms with van der Waals surface area (Å²) < 4.78 is 4.75. The van der Waals surface area contributed by atoms with Crippen LogP contribution in [0.25, 0.3) is 0 Å². The highest BCUT2D eigenvalue weighted by molar-refractivity contribution is 5.89. The van der Waals surface area contributed by atoms with Crippen molar-refractivity contribution in [1.29, 1.82) is 0 Å². The molecule has 0 aliphatic heterocycles. The molecule has 0 aliphatic rings. The average Bonchev–Trinajstić information content (AvgIpc) is 2.26. The Bertz CT molecular complexity index is 312. The van der Waals surface area contributed by atoms with E-state index in [-0.39, 0.29) is 13.2 Å². The average molecular weight is 195 g/mol. The normalized spacial score (nSPS) is 9.86. The van der Waals surface area contributed by atoms with Crippen LogP contribution in [0.15, 0.2) is 24.3 Å². The molecule has 4 nitrogen and oxygen atoms in total. The minimum atomic E-state index is -0.436. The number of carbonyl (C=O) groups excluding carboxylic acids is 1. The van der Waals surface area contributed by atoms with Crippen LogP contribution in [0.5, 0.6) is 0 Å². The van der Waals surface area contributed by atoms with Crippen LogP contribution in [0.2, 0.25) is 0 Å². The van der Waals surface area contributed by atoms with Gasteiger partial charge in [-0.1, -0.05) is 12.1 Å². The van der Waals surface area contributed by atoms with Gasteiger partial charge in [-0.3, -0.25) is 0 Å². The highest BCUT2D eigenvalue weighted by Crippen LogP contribution is 2.05. The number of benzene rings is 1. The van der Waals surface area contributed by atoms with Crippen molar-refractivity contribution in [2.75, 3.05) is 13.2 Å². The molecule has 0 aliphatic carbocycles. The molecule has 0 heterocycles. The van der Waals surface area contributed by atoms with Gasteiger partial charge in [0.2, 0.25) is 0 Å². The van der Waals surface area contributed by atoms with Crippen molar-refractivity contribution >= 4 is 5.97 Å². The van der Waals surface area contributed by atoms with E-state index in [4.69, 9.17) is 15.6 Å². The van der Waals surface area contributed by atoms with Crippen LogP contribution in [0, 0.1) is 0 Å². The topological polar surface area (TPSA) is 72.6 Å². The standard InChI is InChI=1S/C10H13NO3/c11-7-8-2-1-3-9(6-8)10(13)14-5-4-12/h1-3,6,12H,4-5,7,11H2. The highest BCUT2D eigenvalue weighted by Gasteiger charge is 2.06. The molecule has 0 unspecified atom stereocenters. The zero-order valence-corrected chi connectivity index (χ0v) is 7.77. The molecule has 76 valence electrons. The quantitative estimate of drug-likeness (QED) is 0.677. The van der Waals surface area contributed by atoms with E-state index in [1.165, 1.54) is 0 Å². The predicted molar refractivity (Wildman–Crippen MR) is 51.7 cm³/mol. The molecule has 1 aromatic carbocycles. The van der Waals surface area contributed by atoms with Gasteiger partial charge in [0.25, 0.3) is 0 Å². The third-order valence-electron chi connectivity index (χ3n) is 1.72. The maximum atomic E-state index is 11.3. The Morgan fingerprint density at radius 3 is 2.93 bits per heavy atom. The summed E-state index contributed by atoms with van der Waals surface area (Å²) in [6.07, 6.45) is 0. The van der Waals surface area contributed by atoms with Crippen molar-refractivity contribution < 1.29 is 14.6 Å². The maximum absolute atomic E-state index is 11.3. The van der Waals surface area contributed by atoms with Gasteiger partial charge < -0.3 is 15.6 Å². The van der Waals surface area contributed by atoms with Crippen LogP contribution in [0.3, 0.4) is 0 Å². The lowest BCUT2D eigenvalue weighted by atomic mass is 10.1.